The van der Waals surface area contributed by atoms with Crippen LogP contribution in [0.2, 0.25) is 10.0 Å². The fourth-order valence-electron chi connectivity index (χ4n) is 1.44. The van der Waals surface area contributed by atoms with Crippen molar-refractivity contribution in [3.8, 4) is 5.75 Å². The predicted octanol–water partition coefficient (Wildman–Crippen LogP) is 4.38. The standard InChI is InChI=1S/C14H10Cl2O2/c15-13-6-3-11(7-14(13)16)9-18-12-4-1-10(8-17)2-5-12/h1-8H,9H2. The van der Waals surface area contributed by atoms with Crippen LogP contribution in [0, 0.1) is 0 Å². The molecular weight excluding hydrogens is 271 g/mol. The number of benzene rings is 2. The normalized spacial score (nSPS) is 10.1. The Morgan fingerprint density at radius 3 is 2.33 bits per heavy atom. The van der Waals surface area contributed by atoms with Crippen molar-refractivity contribution in [2.45, 2.75) is 6.61 Å². The van der Waals surface area contributed by atoms with E-state index in [1.54, 1.807) is 36.4 Å². The number of carbonyl (C=O) groups excluding carboxylic acids is 1. The SMILES string of the molecule is O=Cc1ccc(OCc2ccc(Cl)c(Cl)c2)cc1. The van der Waals surface area contributed by atoms with Gasteiger partial charge in [-0.3, -0.25) is 4.79 Å². The van der Waals surface area contributed by atoms with E-state index in [4.69, 9.17) is 27.9 Å². The number of hydrogen-bond donors (Lipinski definition) is 0. The second-order valence-electron chi connectivity index (χ2n) is 3.72. The summed E-state index contributed by atoms with van der Waals surface area (Å²) >= 11 is 11.7. The molecule has 0 aliphatic heterocycles. The summed E-state index contributed by atoms with van der Waals surface area (Å²) in [4.78, 5) is 10.5. The smallest absolute Gasteiger partial charge is 0.150 e. The van der Waals surface area contributed by atoms with Crippen molar-refractivity contribution in [2.24, 2.45) is 0 Å². The maximum atomic E-state index is 10.5. The molecule has 0 aliphatic carbocycles. The summed E-state index contributed by atoms with van der Waals surface area (Å²) in [7, 11) is 0. The van der Waals surface area contributed by atoms with E-state index in [0.29, 0.717) is 28.0 Å². The molecule has 0 radical (unpaired) electrons. The van der Waals surface area contributed by atoms with E-state index in [2.05, 4.69) is 0 Å². The van der Waals surface area contributed by atoms with Gasteiger partial charge in [0.15, 0.2) is 0 Å². The molecule has 92 valence electrons. The molecule has 2 rings (SSSR count). The van der Waals surface area contributed by atoms with E-state index in [1.807, 2.05) is 6.07 Å². The van der Waals surface area contributed by atoms with E-state index in [0.717, 1.165) is 11.8 Å². The molecule has 0 aromatic heterocycles. The van der Waals surface area contributed by atoms with Crippen LogP contribution in [0.5, 0.6) is 5.75 Å². The summed E-state index contributed by atoms with van der Waals surface area (Å²) in [5.74, 6) is 0.701. The minimum absolute atomic E-state index is 0.400. The molecule has 0 aliphatic rings. The summed E-state index contributed by atoms with van der Waals surface area (Å²) in [6.45, 7) is 0.400. The van der Waals surface area contributed by atoms with Crippen LogP contribution in [0.1, 0.15) is 15.9 Å². The Morgan fingerprint density at radius 1 is 1.00 bits per heavy atom. The van der Waals surface area contributed by atoms with Gasteiger partial charge in [-0.25, -0.2) is 0 Å². The molecular formula is C14H10Cl2O2. The summed E-state index contributed by atoms with van der Waals surface area (Å²) < 4.78 is 5.57. The zero-order valence-electron chi connectivity index (χ0n) is 9.40. The third kappa shape index (κ3) is 3.25. The van der Waals surface area contributed by atoms with E-state index in [1.165, 1.54) is 0 Å². The molecule has 0 saturated heterocycles. The molecule has 0 spiro atoms. The molecule has 2 aromatic carbocycles. The van der Waals surface area contributed by atoms with Gasteiger partial charge in [-0.05, 0) is 42.0 Å². The molecule has 0 fully saturated rings. The number of ether oxygens (including phenoxy) is 1. The van der Waals surface area contributed by atoms with Crippen molar-refractivity contribution < 1.29 is 9.53 Å². The van der Waals surface area contributed by atoms with E-state index < -0.39 is 0 Å². The molecule has 0 N–H and O–H groups in total. The summed E-state index contributed by atoms with van der Waals surface area (Å²) in [5.41, 5.74) is 1.56. The van der Waals surface area contributed by atoms with Crippen molar-refractivity contribution in [3.63, 3.8) is 0 Å². The predicted molar refractivity (Wildman–Crippen MR) is 72.6 cm³/mol. The zero-order chi connectivity index (χ0) is 13.0. The lowest BCUT2D eigenvalue weighted by atomic mass is 10.2. The second kappa shape index (κ2) is 5.89. The van der Waals surface area contributed by atoms with E-state index in [-0.39, 0.29) is 0 Å². The van der Waals surface area contributed by atoms with Crippen LogP contribution in [-0.4, -0.2) is 6.29 Å². The van der Waals surface area contributed by atoms with Gasteiger partial charge in [-0.15, -0.1) is 0 Å². The van der Waals surface area contributed by atoms with Gasteiger partial charge in [0.05, 0.1) is 10.0 Å². The van der Waals surface area contributed by atoms with Crippen LogP contribution >= 0.6 is 23.2 Å². The Balaban J connectivity index is 2.01. The molecule has 2 aromatic rings. The van der Waals surface area contributed by atoms with Crippen molar-refractivity contribution in [2.75, 3.05) is 0 Å². The van der Waals surface area contributed by atoms with Gasteiger partial charge in [0.2, 0.25) is 0 Å². The fourth-order valence-corrected chi connectivity index (χ4v) is 1.76. The van der Waals surface area contributed by atoms with Gasteiger partial charge < -0.3 is 4.74 Å². The highest BCUT2D eigenvalue weighted by atomic mass is 35.5. The minimum Gasteiger partial charge on any atom is -0.489 e. The minimum atomic E-state index is 0.400. The van der Waals surface area contributed by atoms with Gasteiger partial charge in [-0.1, -0.05) is 29.3 Å². The first-order valence-electron chi connectivity index (χ1n) is 5.31. The molecule has 0 unspecified atom stereocenters. The third-order valence-electron chi connectivity index (χ3n) is 2.41. The van der Waals surface area contributed by atoms with Crippen LogP contribution in [0.15, 0.2) is 42.5 Å². The van der Waals surface area contributed by atoms with Gasteiger partial charge in [0, 0.05) is 5.56 Å². The lowest BCUT2D eigenvalue weighted by Crippen LogP contribution is -1.95. The fraction of sp³-hybridized carbons (Fsp3) is 0.0714. The van der Waals surface area contributed by atoms with Crippen molar-refractivity contribution in [1.29, 1.82) is 0 Å². The summed E-state index contributed by atoms with van der Waals surface area (Å²) in [5, 5.41) is 1.03. The average Bonchev–Trinajstić information content (AvgIpc) is 2.41. The lowest BCUT2D eigenvalue weighted by molar-refractivity contribution is 0.112. The van der Waals surface area contributed by atoms with E-state index >= 15 is 0 Å². The number of carbonyl (C=O) groups is 1. The van der Waals surface area contributed by atoms with Crippen LogP contribution in [0.25, 0.3) is 0 Å². The highest BCUT2D eigenvalue weighted by Crippen LogP contribution is 2.23. The van der Waals surface area contributed by atoms with Crippen LogP contribution in [0.3, 0.4) is 0 Å². The molecule has 0 amide bonds. The number of rotatable bonds is 4. The van der Waals surface area contributed by atoms with Gasteiger partial charge in [0.25, 0.3) is 0 Å². The third-order valence-corrected chi connectivity index (χ3v) is 3.14. The average molecular weight is 281 g/mol. The highest BCUT2D eigenvalue weighted by Gasteiger charge is 2.01. The molecule has 0 atom stereocenters. The molecule has 18 heavy (non-hydrogen) atoms. The largest absolute Gasteiger partial charge is 0.489 e. The molecule has 0 saturated carbocycles. The Labute approximate surface area is 115 Å². The second-order valence-corrected chi connectivity index (χ2v) is 4.54. The van der Waals surface area contributed by atoms with E-state index in [9.17, 15) is 4.79 Å². The highest BCUT2D eigenvalue weighted by molar-refractivity contribution is 6.42. The quantitative estimate of drug-likeness (QED) is 0.777. The first-order chi connectivity index (χ1) is 8.69. The molecule has 0 heterocycles. The molecule has 4 heteroatoms. The van der Waals surface area contributed by atoms with Crippen molar-refractivity contribution in [1.82, 2.24) is 0 Å². The molecule has 0 bridgehead atoms. The summed E-state index contributed by atoms with van der Waals surface area (Å²) in [6, 6.07) is 12.3. The number of aldehydes is 1. The molecule has 2 nitrogen and oxygen atoms in total. The van der Waals surface area contributed by atoms with Crippen LogP contribution < -0.4 is 4.74 Å². The van der Waals surface area contributed by atoms with Gasteiger partial charge >= 0.3 is 0 Å². The first-order valence-corrected chi connectivity index (χ1v) is 6.06. The Kier molecular flexibility index (Phi) is 4.24. The van der Waals surface area contributed by atoms with Gasteiger partial charge in [0.1, 0.15) is 18.6 Å². The van der Waals surface area contributed by atoms with Gasteiger partial charge in [-0.2, -0.15) is 0 Å². The van der Waals surface area contributed by atoms with Crippen LogP contribution in [0.4, 0.5) is 0 Å². The monoisotopic (exact) mass is 280 g/mol. The zero-order valence-corrected chi connectivity index (χ0v) is 10.9. The van der Waals surface area contributed by atoms with Crippen molar-refractivity contribution >= 4 is 29.5 Å². The van der Waals surface area contributed by atoms with Crippen LogP contribution in [-0.2, 0) is 6.61 Å². The maximum absolute atomic E-state index is 10.5. The Hall–Kier alpha value is -1.51. The Bertz CT molecular complexity index is 550. The van der Waals surface area contributed by atoms with Crippen molar-refractivity contribution in [3.05, 3.63) is 63.6 Å². The first kappa shape index (κ1) is 12.9. The topological polar surface area (TPSA) is 26.3 Å². The lowest BCUT2D eigenvalue weighted by Gasteiger charge is -2.07. The maximum Gasteiger partial charge on any atom is 0.150 e. The Morgan fingerprint density at radius 2 is 1.72 bits per heavy atom. The number of halogens is 2. The summed E-state index contributed by atoms with van der Waals surface area (Å²) in [6.07, 6.45) is 0.794. The number of hydrogen-bond acceptors (Lipinski definition) is 2.